The van der Waals surface area contributed by atoms with E-state index in [0.717, 1.165) is 12.5 Å². The molecular formula is C26H24ClF2N3O3. The predicted molar refractivity (Wildman–Crippen MR) is 130 cm³/mol. The first-order valence-corrected chi connectivity index (χ1v) is 11.5. The van der Waals surface area contributed by atoms with Gasteiger partial charge in [-0.25, -0.2) is 13.8 Å². The number of aliphatic hydroxyl groups is 1. The zero-order valence-corrected chi connectivity index (χ0v) is 19.9. The number of pyridine rings is 1. The fourth-order valence-corrected chi connectivity index (χ4v) is 4.31. The van der Waals surface area contributed by atoms with Gasteiger partial charge < -0.3 is 15.3 Å². The van der Waals surface area contributed by atoms with Crippen LogP contribution in [0.4, 0.5) is 20.3 Å². The molecule has 0 saturated carbocycles. The highest BCUT2D eigenvalue weighted by Crippen LogP contribution is 2.47. The summed E-state index contributed by atoms with van der Waals surface area (Å²) in [6.45, 7) is 2.66. The van der Waals surface area contributed by atoms with Crippen LogP contribution in [0.2, 0.25) is 5.02 Å². The van der Waals surface area contributed by atoms with Gasteiger partial charge in [0.05, 0.1) is 11.3 Å². The summed E-state index contributed by atoms with van der Waals surface area (Å²) in [5.41, 5.74) is -0.928. The van der Waals surface area contributed by atoms with Gasteiger partial charge >= 0.3 is 0 Å². The molecule has 0 spiro atoms. The third-order valence-corrected chi connectivity index (χ3v) is 6.51. The van der Waals surface area contributed by atoms with Crippen molar-refractivity contribution in [2.24, 2.45) is 0 Å². The number of aryl methyl sites for hydroxylation is 1. The second kappa shape index (κ2) is 9.36. The van der Waals surface area contributed by atoms with E-state index >= 15 is 0 Å². The summed E-state index contributed by atoms with van der Waals surface area (Å²) in [5, 5.41) is 13.6. The molecule has 0 radical (unpaired) electrons. The number of carbonyl (C=O) groups excluding carboxylic acids is 2. The topological polar surface area (TPSA) is 82.5 Å². The number of nitrogens with one attached hydrogen (secondary N) is 1. The van der Waals surface area contributed by atoms with Gasteiger partial charge in [-0.05, 0) is 55.3 Å². The Kier molecular flexibility index (Phi) is 6.62. The second-order valence-electron chi connectivity index (χ2n) is 8.54. The minimum atomic E-state index is -3.48. The van der Waals surface area contributed by atoms with Crippen molar-refractivity contribution in [2.75, 3.05) is 16.8 Å². The number of amides is 2. The van der Waals surface area contributed by atoms with Gasteiger partial charge in [-0.15, -0.1) is 0 Å². The monoisotopic (exact) mass is 499 g/mol. The zero-order valence-electron chi connectivity index (χ0n) is 19.2. The number of fused-ring (bicyclic) bond motifs is 1. The molecule has 35 heavy (non-hydrogen) atoms. The van der Waals surface area contributed by atoms with Crippen LogP contribution in [0.25, 0.3) is 0 Å². The molecule has 9 heteroatoms. The van der Waals surface area contributed by atoms with Crippen LogP contribution in [-0.4, -0.2) is 34.4 Å². The number of halogens is 3. The average Bonchev–Trinajstić information content (AvgIpc) is 2.91. The number of benzene rings is 2. The SMILES string of the molecule is CCc1ccccc1C(=O)Nc1ccc(C(=O)N2CCC(F)(F)[C@@](C)(O)c3cc(Cl)ccc32)cn1. The van der Waals surface area contributed by atoms with Crippen LogP contribution in [0.5, 0.6) is 0 Å². The van der Waals surface area contributed by atoms with Crippen LogP contribution in [0.15, 0.2) is 60.8 Å². The number of hydrogen-bond donors (Lipinski definition) is 2. The van der Waals surface area contributed by atoms with Crippen LogP contribution in [-0.2, 0) is 12.0 Å². The van der Waals surface area contributed by atoms with Crippen molar-refractivity contribution in [2.45, 2.75) is 38.2 Å². The molecule has 0 fully saturated rings. The Balaban J connectivity index is 1.60. The first-order chi connectivity index (χ1) is 16.5. The van der Waals surface area contributed by atoms with Gasteiger partial charge in [0.25, 0.3) is 17.7 Å². The smallest absolute Gasteiger partial charge is 0.281 e. The molecule has 0 bridgehead atoms. The maximum atomic E-state index is 14.8. The fraction of sp³-hybridized carbons (Fsp3) is 0.269. The molecule has 1 aliphatic rings. The number of carbonyl (C=O) groups is 2. The van der Waals surface area contributed by atoms with Crippen molar-refractivity contribution in [3.8, 4) is 0 Å². The van der Waals surface area contributed by atoms with Gasteiger partial charge in [0.2, 0.25) is 0 Å². The van der Waals surface area contributed by atoms with Crippen LogP contribution in [0.1, 0.15) is 52.1 Å². The molecule has 4 rings (SSSR count). The Morgan fingerprint density at radius 2 is 1.91 bits per heavy atom. The summed E-state index contributed by atoms with van der Waals surface area (Å²) in [5.74, 6) is -4.13. The Labute approximate surface area is 206 Å². The molecule has 2 heterocycles. The number of hydrogen-bond acceptors (Lipinski definition) is 4. The molecule has 0 unspecified atom stereocenters. The maximum Gasteiger partial charge on any atom is 0.281 e. The fourth-order valence-electron chi connectivity index (χ4n) is 4.14. The van der Waals surface area contributed by atoms with Gasteiger partial charge in [-0.3, -0.25) is 9.59 Å². The Morgan fingerprint density at radius 1 is 1.17 bits per heavy atom. The van der Waals surface area contributed by atoms with Gasteiger partial charge in [0, 0.05) is 35.3 Å². The predicted octanol–water partition coefficient (Wildman–Crippen LogP) is 5.44. The molecular weight excluding hydrogens is 476 g/mol. The number of aromatic nitrogens is 1. The number of nitrogens with zero attached hydrogens (tertiary/aromatic N) is 2. The molecule has 1 atom stereocenters. The van der Waals surface area contributed by atoms with E-state index in [1.807, 2.05) is 19.1 Å². The van der Waals surface area contributed by atoms with Crippen LogP contribution in [0.3, 0.4) is 0 Å². The lowest BCUT2D eigenvalue weighted by Gasteiger charge is -2.32. The highest BCUT2D eigenvalue weighted by atomic mass is 35.5. The molecule has 3 aromatic rings. The van der Waals surface area contributed by atoms with Crippen molar-refractivity contribution in [1.29, 1.82) is 0 Å². The first-order valence-electron chi connectivity index (χ1n) is 11.1. The van der Waals surface area contributed by atoms with E-state index in [-0.39, 0.29) is 40.1 Å². The molecule has 1 aliphatic heterocycles. The summed E-state index contributed by atoms with van der Waals surface area (Å²) in [7, 11) is 0. The van der Waals surface area contributed by atoms with Crippen molar-refractivity contribution in [3.05, 3.63) is 88.1 Å². The molecule has 2 amide bonds. The summed E-state index contributed by atoms with van der Waals surface area (Å²) in [6.07, 6.45) is 1.23. The number of alkyl halides is 2. The lowest BCUT2D eigenvalue weighted by molar-refractivity contribution is -0.177. The molecule has 1 aromatic heterocycles. The second-order valence-corrected chi connectivity index (χ2v) is 8.98. The van der Waals surface area contributed by atoms with Gasteiger partial charge in [-0.2, -0.15) is 0 Å². The van der Waals surface area contributed by atoms with Crippen LogP contribution < -0.4 is 10.2 Å². The standard InChI is InChI=1S/C26H24ClF2N3O3/c1-3-16-6-4-5-7-19(16)23(33)31-22-11-8-17(15-30-22)24(34)32-13-12-26(28,29)25(2,35)20-14-18(27)9-10-21(20)32/h4-11,14-15,35H,3,12-13H2,1-2H3,(H,30,31,33)/t25-/m0/s1. The normalized spacial score (nSPS) is 19.0. The minimum Gasteiger partial charge on any atom is -0.379 e. The highest BCUT2D eigenvalue weighted by molar-refractivity contribution is 6.30. The third-order valence-electron chi connectivity index (χ3n) is 6.28. The summed E-state index contributed by atoms with van der Waals surface area (Å²) in [6, 6.07) is 14.3. The van der Waals surface area contributed by atoms with Crippen LogP contribution >= 0.6 is 11.6 Å². The lowest BCUT2D eigenvalue weighted by atomic mass is 9.87. The molecule has 6 nitrogen and oxygen atoms in total. The molecule has 2 N–H and O–H groups in total. The Morgan fingerprint density at radius 3 is 2.60 bits per heavy atom. The minimum absolute atomic E-state index is 0.132. The first kappa shape index (κ1) is 24.8. The van der Waals surface area contributed by atoms with Gasteiger partial charge in [0.1, 0.15) is 5.82 Å². The van der Waals surface area contributed by atoms with E-state index in [9.17, 15) is 23.5 Å². The molecule has 0 aliphatic carbocycles. The lowest BCUT2D eigenvalue weighted by Crippen LogP contribution is -2.42. The summed E-state index contributed by atoms with van der Waals surface area (Å²) >= 11 is 6.01. The van der Waals surface area contributed by atoms with E-state index in [0.29, 0.717) is 12.0 Å². The van der Waals surface area contributed by atoms with Crippen molar-refractivity contribution < 1.29 is 23.5 Å². The maximum absolute atomic E-state index is 14.8. The van der Waals surface area contributed by atoms with E-state index in [2.05, 4.69) is 10.3 Å². The zero-order chi connectivity index (χ0) is 25.4. The Hall–Kier alpha value is -3.36. The quantitative estimate of drug-likeness (QED) is 0.500. The third kappa shape index (κ3) is 4.63. The largest absolute Gasteiger partial charge is 0.379 e. The number of rotatable bonds is 4. The van der Waals surface area contributed by atoms with Crippen molar-refractivity contribution in [1.82, 2.24) is 4.98 Å². The highest BCUT2D eigenvalue weighted by Gasteiger charge is 2.53. The molecule has 0 saturated heterocycles. The summed E-state index contributed by atoms with van der Waals surface area (Å²) < 4.78 is 29.6. The van der Waals surface area contributed by atoms with Gasteiger partial charge in [0.15, 0.2) is 5.60 Å². The van der Waals surface area contributed by atoms with E-state index in [1.54, 1.807) is 12.1 Å². The number of anilines is 2. The Bertz CT molecular complexity index is 1280. The molecule has 182 valence electrons. The van der Waals surface area contributed by atoms with Crippen molar-refractivity contribution >= 4 is 34.9 Å². The van der Waals surface area contributed by atoms with Gasteiger partial charge in [-0.1, -0.05) is 36.7 Å². The van der Waals surface area contributed by atoms with Crippen LogP contribution in [0, 0.1) is 0 Å². The van der Waals surface area contributed by atoms with Crippen molar-refractivity contribution in [3.63, 3.8) is 0 Å². The molecule has 2 aromatic carbocycles. The summed E-state index contributed by atoms with van der Waals surface area (Å²) in [4.78, 5) is 31.3. The average molecular weight is 500 g/mol. The van der Waals surface area contributed by atoms with E-state index in [4.69, 9.17) is 11.6 Å². The van der Waals surface area contributed by atoms with E-state index in [1.165, 1.54) is 41.4 Å². The van der Waals surface area contributed by atoms with E-state index < -0.39 is 23.9 Å².